The molecule has 0 amide bonds. The Morgan fingerprint density at radius 3 is 2.83 bits per heavy atom. The molecule has 0 aromatic heterocycles. The van der Waals surface area contributed by atoms with E-state index < -0.39 is 12.2 Å². The summed E-state index contributed by atoms with van der Waals surface area (Å²) in [6.45, 7) is 0. The lowest BCUT2D eigenvalue weighted by atomic mass is 10.0. The Morgan fingerprint density at radius 2 is 2.17 bits per heavy atom. The third kappa shape index (κ3) is 3.48. The van der Waals surface area contributed by atoms with Crippen LogP contribution in [0, 0.1) is 0 Å². The molecule has 1 aliphatic heterocycles. The van der Waals surface area contributed by atoms with E-state index in [-0.39, 0.29) is 12.4 Å². The summed E-state index contributed by atoms with van der Waals surface area (Å²) in [6, 6.07) is 5.15. The van der Waals surface area contributed by atoms with Gasteiger partial charge in [-0.25, -0.2) is 0 Å². The summed E-state index contributed by atoms with van der Waals surface area (Å²) in [6.07, 6.45) is 2.90. The molecule has 2 atom stereocenters. The number of hydrogen-bond donors (Lipinski definition) is 1. The summed E-state index contributed by atoms with van der Waals surface area (Å²) in [5.41, 5.74) is 0.789. The first kappa shape index (κ1) is 13.4. The number of rotatable bonds is 2. The number of esters is 1. The predicted octanol–water partition coefficient (Wildman–Crippen LogP) is 3.07. The molecular formula is C13H12Cl2O3. The van der Waals surface area contributed by atoms with Crippen molar-refractivity contribution in [3.05, 3.63) is 39.9 Å². The smallest absolute Gasteiger partial charge is 0.309 e. The van der Waals surface area contributed by atoms with E-state index in [9.17, 15) is 9.90 Å². The van der Waals surface area contributed by atoms with E-state index in [1.54, 1.807) is 30.4 Å². The Bertz CT molecular complexity index is 485. The maximum atomic E-state index is 11.1. The van der Waals surface area contributed by atoms with Crippen LogP contribution in [0.5, 0.6) is 0 Å². The van der Waals surface area contributed by atoms with Crippen molar-refractivity contribution in [3.63, 3.8) is 0 Å². The van der Waals surface area contributed by atoms with Gasteiger partial charge in [-0.2, -0.15) is 0 Å². The van der Waals surface area contributed by atoms with Crippen molar-refractivity contribution < 1.29 is 14.6 Å². The number of ether oxygens (including phenoxy) is 1. The van der Waals surface area contributed by atoms with E-state index >= 15 is 0 Å². The average molecular weight is 287 g/mol. The van der Waals surface area contributed by atoms with Gasteiger partial charge in [0.05, 0.1) is 12.5 Å². The van der Waals surface area contributed by atoms with Crippen molar-refractivity contribution in [2.75, 3.05) is 0 Å². The number of aliphatic hydroxyl groups excluding tert-OH is 1. The van der Waals surface area contributed by atoms with Gasteiger partial charge in [0.25, 0.3) is 0 Å². The molecule has 1 saturated heterocycles. The van der Waals surface area contributed by atoms with Gasteiger partial charge in [0.2, 0.25) is 0 Å². The topological polar surface area (TPSA) is 46.5 Å². The Morgan fingerprint density at radius 1 is 1.39 bits per heavy atom. The summed E-state index contributed by atoms with van der Waals surface area (Å²) < 4.78 is 5.09. The molecule has 5 heteroatoms. The van der Waals surface area contributed by atoms with E-state index in [0.717, 1.165) is 5.56 Å². The summed E-state index contributed by atoms with van der Waals surface area (Å²) in [4.78, 5) is 11.1. The van der Waals surface area contributed by atoms with E-state index in [1.165, 1.54) is 0 Å². The van der Waals surface area contributed by atoms with Crippen LogP contribution in [0.4, 0.5) is 0 Å². The van der Waals surface area contributed by atoms with Gasteiger partial charge in [-0.15, -0.1) is 0 Å². The molecular weight excluding hydrogens is 275 g/mol. The van der Waals surface area contributed by atoms with Gasteiger partial charge < -0.3 is 9.84 Å². The van der Waals surface area contributed by atoms with Gasteiger partial charge in [0, 0.05) is 16.5 Å². The van der Waals surface area contributed by atoms with Crippen LogP contribution in [0.25, 0.3) is 6.08 Å². The quantitative estimate of drug-likeness (QED) is 0.850. The van der Waals surface area contributed by atoms with Crippen LogP contribution in [0.3, 0.4) is 0 Å². The normalized spacial score (nSPS) is 24.3. The number of hydrogen-bond acceptors (Lipinski definition) is 3. The van der Waals surface area contributed by atoms with Gasteiger partial charge in [0.1, 0.15) is 6.10 Å². The second-order valence-electron chi connectivity index (χ2n) is 4.15. The zero-order valence-electron chi connectivity index (χ0n) is 9.48. The molecule has 1 aliphatic rings. The fraction of sp³-hybridized carbons (Fsp3) is 0.308. The number of benzene rings is 1. The minimum absolute atomic E-state index is 0.0615. The fourth-order valence-corrected chi connectivity index (χ4v) is 2.25. The molecule has 1 fully saturated rings. The maximum Gasteiger partial charge on any atom is 0.309 e. The van der Waals surface area contributed by atoms with Crippen molar-refractivity contribution in [1.82, 2.24) is 0 Å². The number of carbonyl (C=O) groups excluding carboxylic acids is 1. The molecule has 0 bridgehead atoms. The van der Waals surface area contributed by atoms with Crippen LogP contribution in [-0.2, 0) is 9.53 Å². The van der Waals surface area contributed by atoms with Gasteiger partial charge in [-0.3, -0.25) is 4.79 Å². The average Bonchev–Trinajstić information content (AvgIpc) is 2.26. The van der Waals surface area contributed by atoms with E-state index in [4.69, 9.17) is 27.9 Å². The molecule has 96 valence electrons. The van der Waals surface area contributed by atoms with Crippen molar-refractivity contribution in [2.45, 2.75) is 25.0 Å². The Kier molecular flexibility index (Phi) is 4.27. The summed E-state index contributed by atoms with van der Waals surface area (Å²) in [7, 11) is 0. The number of aliphatic hydroxyl groups is 1. The summed E-state index contributed by atoms with van der Waals surface area (Å²) >= 11 is 11.8. The molecule has 18 heavy (non-hydrogen) atoms. The molecule has 1 N–H and O–H groups in total. The van der Waals surface area contributed by atoms with Crippen molar-refractivity contribution in [1.29, 1.82) is 0 Å². The van der Waals surface area contributed by atoms with Crippen LogP contribution in [0.1, 0.15) is 18.4 Å². The first-order valence-corrected chi connectivity index (χ1v) is 6.31. The number of carbonyl (C=O) groups is 1. The van der Waals surface area contributed by atoms with Gasteiger partial charge >= 0.3 is 5.97 Å². The Balaban J connectivity index is 2.08. The van der Waals surface area contributed by atoms with E-state index in [0.29, 0.717) is 16.5 Å². The minimum Gasteiger partial charge on any atom is -0.458 e. The summed E-state index contributed by atoms with van der Waals surface area (Å²) in [5, 5.41) is 10.6. The number of cyclic esters (lactones) is 1. The molecule has 0 aliphatic carbocycles. The molecule has 1 heterocycles. The second kappa shape index (κ2) is 5.74. The van der Waals surface area contributed by atoms with Crippen molar-refractivity contribution in [2.24, 2.45) is 0 Å². The van der Waals surface area contributed by atoms with Crippen LogP contribution >= 0.6 is 23.2 Å². The standard InChI is InChI=1S/C13H12Cl2O3/c14-9-3-1-8(12(15)5-9)2-4-11-6-10(16)7-13(17)18-11/h1-5,10-11,16H,6-7H2/b4-2+/t10-,11-/m0/s1. The first-order valence-electron chi connectivity index (χ1n) is 5.55. The zero-order valence-corrected chi connectivity index (χ0v) is 11.0. The van der Waals surface area contributed by atoms with Crippen LogP contribution in [0.2, 0.25) is 10.0 Å². The molecule has 1 aromatic rings. The van der Waals surface area contributed by atoms with Gasteiger partial charge in [0.15, 0.2) is 0 Å². The second-order valence-corrected chi connectivity index (χ2v) is 4.99. The van der Waals surface area contributed by atoms with E-state index in [2.05, 4.69) is 0 Å². The fourth-order valence-electron chi connectivity index (χ4n) is 1.77. The number of halogens is 2. The lowest BCUT2D eigenvalue weighted by molar-refractivity contribution is -0.156. The van der Waals surface area contributed by atoms with Crippen molar-refractivity contribution in [3.8, 4) is 0 Å². The Labute approximate surface area is 115 Å². The minimum atomic E-state index is -0.637. The highest BCUT2D eigenvalue weighted by Gasteiger charge is 2.25. The van der Waals surface area contributed by atoms with Gasteiger partial charge in [-0.1, -0.05) is 35.3 Å². The molecule has 3 nitrogen and oxygen atoms in total. The highest BCUT2D eigenvalue weighted by Crippen LogP contribution is 2.23. The molecule has 1 aromatic carbocycles. The highest BCUT2D eigenvalue weighted by molar-refractivity contribution is 6.35. The molecule has 0 saturated carbocycles. The van der Waals surface area contributed by atoms with Crippen LogP contribution in [-0.4, -0.2) is 23.3 Å². The first-order chi connectivity index (χ1) is 8.54. The maximum absolute atomic E-state index is 11.1. The Hall–Kier alpha value is -1.03. The van der Waals surface area contributed by atoms with Crippen LogP contribution < -0.4 is 0 Å². The lowest BCUT2D eigenvalue weighted by Crippen LogP contribution is -2.31. The lowest BCUT2D eigenvalue weighted by Gasteiger charge is -2.23. The molecule has 2 rings (SSSR count). The zero-order chi connectivity index (χ0) is 13.1. The van der Waals surface area contributed by atoms with Crippen LogP contribution in [0.15, 0.2) is 24.3 Å². The monoisotopic (exact) mass is 286 g/mol. The highest BCUT2D eigenvalue weighted by atomic mass is 35.5. The van der Waals surface area contributed by atoms with E-state index in [1.807, 2.05) is 0 Å². The third-order valence-corrected chi connectivity index (χ3v) is 3.20. The molecule has 0 spiro atoms. The molecule has 0 radical (unpaired) electrons. The summed E-state index contributed by atoms with van der Waals surface area (Å²) in [5.74, 6) is -0.384. The molecule has 0 unspecified atom stereocenters. The third-order valence-electron chi connectivity index (χ3n) is 2.64. The van der Waals surface area contributed by atoms with Crippen molar-refractivity contribution >= 4 is 35.2 Å². The SMILES string of the molecule is O=C1C[C@@H](O)C[C@H](/C=C/c2ccc(Cl)cc2Cl)O1. The van der Waals surface area contributed by atoms with Gasteiger partial charge in [-0.05, 0) is 23.8 Å². The largest absolute Gasteiger partial charge is 0.458 e. The predicted molar refractivity (Wildman–Crippen MR) is 70.6 cm³/mol.